The molecule has 1 heterocycles. The number of nitrogens with zero attached hydrogens (tertiary/aromatic N) is 1. The molecule has 0 aliphatic heterocycles. The van der Waals surface area contributed by atoms with Gasteiger partial charge in [0.15, 0.2) is 0 Å². The van der Waals surface area contributed by atoms with E-state index >= 15 is 0 Å². The van der Waals surface area contributed by atoms with Crippen LogP contribution in [0.3, 0.4) is 0 Å². The number of benzene rings is 2. The number of aromatic nitrogens is 1. The maximum absolute atomic E-state index is 3.37. The molecule has 2 nitrogen and oxygen atoms in total. The number of H-pyrrole nitrogens is 1. The third-order valence-corrected chi connectivity index (χ3v) is 4.49. The van der Waals surface area contributed by atoms with Gasteiger partial charge in [0.2, 0.25) is 0 Å². The highest BCUT2D eigenvalue weighted by molar-refractivity contribution is 5.83. The van der Waals surface area contributed by atoms with E-state index in [-0.39, 0.29) is 0 Å². The minimum Gasteiger partial charge on any atom is -0.364 e. The molecule has 0 unspecified atom stereocenters. The van der Waals surface area contributed by atoms with Crippen LogP contribution in [-0.2, 0) is 13.0 Å². The molecule has 0 atom stereocenters. The fourth-order valence-corrected chi connectivity index (χ4v) is 3.12. The maximum Gasteiger partial charge on any atom is 0.0608 e. The Labute approximate surface area is 136 Å². The van der Waals surface area contributed by atoms with E-state index in [1.165, 1.54) is 27.7 Å². The largest absolute Gasteiger partial charge is 0.364 e. The Kier molecular flexibility index (Phi) is 3.75. The average Bonchev–Trinajstić information content (AvgIpc) is 2.95. The van der Waals surface area contributed by atoms with Gasteiger partial charge < -0.3 is 9.88 Å². The van der Waals surface area contributed by atoms with Gasteiger partial charge in [0.25, 0.3) is 0 Å². The van der Waals surface area contributed by atoms with Crippen LogP contribution in [0.15, 0.2) is 78.3 Å². The summed E-state index contributed by atoms with van der Waals surface area (Å²) in [6.45, 7) is 1.98. The summed E-state index contributed by atoms with van der Waals surface area (Å²) in [6, 6.07) is 19.2. The molecule has 3 aromatic rings. The zero-order valence-corrected chi connectivity index (χ0v) is 13.1. The van der Waals surface area contributed by atoms with Crippen molar-refractivity contribution in [2.24, 2.45) is 0 Å². The van der Waals surface area contributed by atoms with E-state index in [2.05, 4.69) is 82.5 Å². The van der Waals surface area contributed by atoms with Gasteiger partial charge in [-0.25, -0.2) is 0 Å². The first-order valence-corrected chi connectivity index (χ1v) is 8.18. The summed E-state index contributed by atoms with van der Waals surface area (Å²) in [4.78, 5) is 5.83. The first-order valence-electron chi connectivity index (χ1n) is 8.18. The molecule has 0 amide bonds. The molecule has 0 radical (unpaired) electrons. The second-order valence-corrected chi connectivity index (χ2v) is 6.02. The van der Waals surface area contributed by atoms with E-state index in [1.807, 2.05) is 0 Å². The lowest BCUT2D eigenvalue weighted by Gasteiger charge is -2.28. The van der Waals surface area contributed by atoms with Crippen molar-refractivity contribution >= 4 is 10.9 Å². The normalized spacial score (nSPS) is 13.0. The fraction of sp³-hybridized carbons (Fsp3) is 0.190. The summed E-state index contributed by atoms with van der Waals surface area (Å²) in [5, 5.41) is 1.34. The van der Waals surface area contributed by atoms with Crippen molar-refractivity contribution in [2.45, 2.75) is 19.4 Å². The molecule has 1 aliphatic carbocycles. The maximum atomic E-state index is 3.37. The molecule has 0 saturated carbocycles. The lowest BCUT2D eigenvalue weighted by molar-refractivity contribution is 0.331. The molecule has 4 rings (SSSR count). The van der Waals surface area contributed by atoms with Gasteiger partial charge in [-0.3, -0.25) is 0 Å². The van der Waals surface area contributed by atoms with Crippen molar-refractivity contribution < 1.29 is 0 Å². The second kappa shape index (κ2) is 6.20. The van der Waals surface area contributed by atoms with Gasteiger partial charge in [0.1, 0.15) is 0 Å². The number of hydrogen-bond donors (Lipinski definition) is 1. The molecule has 1 N–H and O–H groups in total. The van der Waals surface area contributed by atoms with Crippen LogP contribution in [0.1, 0.15) is 17.5 Å². The molecule has 2 heteroatoms. The minimum absolute atomic E-state index is 0.958. The van der Waals surface area contributed by atoms with Gasteiger partial charge in [-0.05, 0) is 29.7 Å². The highest BCUT2D eigenvalue weighted by atomic mass is 15.1. The zero-order valence-electron chi connectivity index (χ0n) is 13.1. The lowest BCUT2D eigenvalue weighted by atomic mass is 10.1. The monoisotopic (exact) mass is 300 g/mol. The summed E-state index contributed by atoms with van der Waals surface area (Å²) in [5.41, 5.74) is 8.64. The predicted molar refractivity (Wildman–Crippen MR) is 95.1 cm³/mol. The number of aromatic amines is 1. The van der Waals surface area contributed by atoms with Gasteiger partial charge in [0, 0.05) is 36.6 Å². The van der Waals surface area contributed by atoms with Gasteiger partial charge >= 0.3 is 0 Å². The summed E-state index contributed by atoms with van der Waals surface area (Å²) in [7, 11) is 0. The van der Waals surface area contributed by atoms with Crippen LogP contribution in [-0.4, -0.2) is 16.4 Å². The van der Waals surface area contributed by atoms with E-state index in [1.54, 1.807) is 0 Å². The number of para-hydroxylation sites is 1. The third-order valence-electron chi connectivity index (χ3n) is 4.49. The molecule has 114 valence electrons. The number of rotatable bonds is 6. The Morgan fingerprint density at radius 2 is 1.78 bits per heavy atom. The Balaban J connectivity index is 1.51. The zero-order chi connectivity index (χ0) is 15.5. The highest BCUT2D eigenvalue weighted by Crippen LogP contribution is 2.22. The van der Waals surface area contributed by atoms with Crippen molar-refractivity contribution in [2.75, 3.05) is 6.54 Å². The Morgan fingerprint density at radius 3 is 2.57 bits per heavy atom. The van der Waals surface area contributed by atoms with E-state index in [0.717, 1.165) is 25.9 Å². The summed E-state index contributed by atoms with van der Waals surface area (Å²) in [5.74, 6) is 0. The first-order chi connectivity index (χ1) is 11.4. The van der Waals surface area contributed by atoms with Crippen LogP contribution in [0.2, 0.25) is 0 Å². The van der Waals surface area contributed by atoms with Crippen molar-refractivity contribution in [3.63, 3.8) is 0 Å². The summed E-state index contributed by atoms with van der Waals surface area (Å²) in [6.07, 6.45) is 6.35. The van der Waals surface area contributed by atoms with Crippen molar-refractivity contribution in [3.05, 3.63) is 89.4 Å². The topological polar surface area (TPSA) is 19.0 Å². The van der Waals surface area contributed by atoms with Crippen LogP contribution in [0.5, 0.6) is 0 Å². The smallest absolute Gasteiger partial charge is 0.0608 e. The van der Waals surface area contributed by atoms with Crippen molar-refractivity contribution in [1.82, 2.24) is 9.88 Å². The number of nitrogens with one attached hydrogen (secondary N) is 1. The summed E-state index contributed by atoms with van der Waals surface area (Å²) >= 11 is 0. The van der Waals surface area contributed by atoms with Crippen LogP contribution >= 0.6 is 0 Å². The molecule has 0 saturated heterocycles. The van der Waals surface area contributed by atoms with Crippen LogP contribution in [0.25, 0.3) is 10.9 Å². The minimum atomic E-state index is 0.958. The van der Waals surface area contributed by atoms with E-state index in [9.17, 15) is 0 Å². The van der Waals surface area contributed by atoms with Gasteiger partial charge in [-0.1, -0.05) is 48.5 Å². The molecule has 1 aliphatic rings. The standard InChI is InChI=1S/C21H20N2/c1-2-7-17(8-3-1)16-23(19-9-6-10-19)14-13-18-15-22-21-12-5-4-11-20(18)21/h1-8,11-12,15,22H,9,13-14,16H2. The van der Waals surface area contributed by atoms with E-state index < -0.39 is 0 Å². The quantitative estimate of drug-likeness (QED) is 0.656. The fourth-order valence-electron chi connectivity index (χ4n) is 3.12. The van der Waals surface area contributed by atoms with Crippen LogP contribution in [0, 0.1) is 0 Å². The highest BCUT2D eigenvalue weighted by Gasteiger charge is 2.13. The number of fused-ring (bicyclic) bond motifs is 1. The van der Waals surface area contributed by atoms with Crippen LogP contribution < -0.4 is 0 Å². The molecule has 0 spiro atoms. The predicted octanol–water partition coefficient (Wildman–Crippen LogP) is 4.66. The Bertz CT molecular complexity index is 867. The molecule has 0 bridgehead atoms. The Hall–Kier alpha value is -2.70. The number of hydrogen-bond acceptors (Lipinski definition) is 1. The average molecular weight is 300 g/mol. The van der Waals surface area contributed by atoms with Gasteiger partial charge in [0.05, 0.1) is 5.70 Å². The molecule has 1 aromatic heterocycles. The third kappa shape index (κ3) is 2.94. The molecule has 23 heavy (non-hydrogen) atoms. The van der Waals surface area contributed by atoms with Crippen molar-refractivity contribution in [1.29, 1.82) is 0 Å². The van der Waals surface area contributed by atoms with E-state index in [0.29, 0.717) is 0 Å². The Morgan fingerprint density at radius 1 is 1.00 bits per heavy atom. The molecule has 0 fully saturated rings. The van der Waals surface area contributed by atoms with Gasteiger partial charge in [-0.15, -0.1) is 5.73 Å². The van der Waals surface area contributed by atoms with Gasteiger partial charge in [-0.2, -0.15) is 0 Å². The van der Waals surface area contributed by atoms with Crippen LogP contribution in [0.4, 0.5) is 0 Å². The molecule has 2 aromatic carbocycles. The van der Waals surface area contributed by atoms with Crippen molar-refractivity contribution in [3.8, 4) is 0 Å². The second-order valence-electron chi connectivity index (χ2n) is 6.02. The summed E-state index contributed by atoms with van der Waals surface area (Å²) < 4.78 is 0. The lowest BCUT2D eigenvalue weighted by Crippen LogP contribution is -2.26. The SMILES string of the molecule is C1=CCC=1N(CCc1c[nH]c2ccccc12)Cc1ccccc1. The first kappa shape index (κ1) is 13.9. The molecular weight excluding hydrogens is 280 g/mol. The molecular formula is C21H20N2. The van der Waals surface area contributed by atoms with E-state index in [4.69, 9.17) is 0 Å².